The van der Waals surface area contributed by atoms with Gasteiger partial charge in [0, 0.05) is 16.4 Å². The topological polar surface area (TPSA) is 142 Å². The maximum absolute atomic E-state index is 12.8. The number of hydrogen-bond acceptors (Lipinski definition) is 10. The summed E-state index contributed by atoms with van der Waals surface area (Å²) >= 11 is 5.50. The van der Waals surface area contributed by atoms with Crippen molar-refractivity contribution in [2.75, 3.05) is 11.5 Å². The smallest absolute Gasteiger partial charge is 0.352 e. The summed E-state index contributed by atoms with van der Waals surface area (Å²) in [6, 6.07) is 1.69. The van der Waals surface area contributed by atoms with Crippen molar-refractivity contribution in [1.82, 2.24) is 25.7 Å². The van der Waals surface area contributed by atoms with E-state index in [2.05, 4.69) is 20.8 Å². The number of aliphatic carboxylic acids is 1. The molecule has 1 saturated heterocycles. The zero-order chi connectivity index (χ0) is 22.8. The number of hydrogen-bond donors (Lipinski definition) is 3. The summed E-state index contributed by atoms with van der Waals surface area (Å²) in [5.41, 5.74) is 0.577. The first-order chi connectivity index (χ1) is 15.4. The first-order valence-corrected chi connectivity index (χ1v) is 13.0. The highest BCUT2D eigenvalue weighted by molar-refractivity contribution is 8.01. The number of fused-ring (bicyclic) bond motifs is 1. The molecule has 0 aromatic carbocycles. The Bertz CT molecular complexity index is 1090. The van der Waals surface area contributed by atoms with Crippen molar-refractivity contribution < 1.29 is 24.3 Å². The largest absolute Gasteiger partial charge is 0.477 e. The van der Waals surface area contributed by atoms with E-state index in [9.17, 15) is 24.3 Å². The highest BCUT2D eigenvalue weighted by atomic mass is 32.2. The van der Waals surface area contributed by atoms with Crippen LogP contribution < -0.4 is 10.6 Å². The van der Waals surface area contributed by atoms with Gasteiger partial charge >= 0.3 is 5.97 Å². The van der Waals surface area contributed by atoms with Crippen molar-refractivity contribution >= 4 is 70.4 Å². The molecule has 0 spiro atoms. The molecule has 4 rings (SSSR count). The van der Waals surface area contributed by atoms with Crippen LogP contribution in [0.3, 0.4) is 0 Å². The second-order valence-corrected chi connectivity index (χ2v) is 11.3. The van der Waals surface area contributed by atoms with Gasteiger partial charge in [-0.15, -0.1) is 33.3 Å². The highest BCUT2D eigenvalue weighted by Crippen LogP contribution is 2.42. The van der Waals surface area contributed by atoms with Crippen LogP contribution in [-0.4, -0.2) is 67.3 Å². The van der Waals surface area contributed by atoms with Gasteiger partial charge in [-0.05, 0) is 23.9 Å². The van der Waals surface area contributed by atoms with Crippen molar-refractivity contribution in [3.63, 3.8) is 0 Å². The van der Waals surface area contributed by atoms with Gasteiger partial charge in [-0.1, -0.05) is 29.2 Å². The molecule has 32 heavy (non-hydrogen) atoms. The van der Waals surface area contributed by atoms with Gasteiger partial charge in [-0.3, -0.25) is 19.3 Å². The number of aryl methyl sites for hydroxylation is 1. The van der Waals surface area contributed by atoms with Crippen LogP contribution in [0.25, 0.3) is 0 Å². The van der Waals surface area contributed by atoms with Crippen molar-refractivity contribution in [3.8, 4) is 0 Å². The number of amides is 3. The molecule has 1 unspecified atom stereocenters. The number of carbonyl (C=O) groups is 4. The lowest BCUT2D eigenvalue weighted by Gasteiger charge is -2.49. The second-order valence-electron chi connectivity index (χ2n) is 6.76. The number of carboxylic acids is 1. The Hall–Kier alpha value is -2.42. The van der Waals surface area contributed by atoms with Gasteiger partial charge < -0.3 is 15.7 Å². The van der Waals surface area contributed by atoms with Crippen LogP contribution >= 0.6 is 46.2 Å². The lowest BCUT2D eigenvalue weighted by atomic mass is 10.0. The van der Waals surface area contributed by atoms with Crippen molar-refractivity contribution in [3.05, 3.63) is 38.7 Å². The predicted octanol–water partition coefficient (Wildman–Crippen LogP) is 1.23. The molecule has 2 aromatic heterocycles. The highest BCUT2D eigenvalue weighted by Gasteiger charge is 2.54. The minimum Gasteiger partial charge on any atom is -0.477 e. The van der Waals surface area contributed by atoms with Crippen LogP contribution in [0, 0.1) is 6.92 Å². The Morgan fingerprint density at radius 1 is 1.44 bits per heavy atom. The first-order valence-electron chi connectivity index (χ1n) is 9.27. The van der Waals surface area contributed by atoms with Crippen molar-refractivity contribution in [2.45, 2.75) is 28.7 Å². The fourth-order valence-corrected chi connectivity index (χ4v) is 7.41. The Morgan fingerprint density at radius 2 is 2.25 bits per heavy atom. The molecule has 0 aliphatic carbocycles. The monoisotopic (exact) mass is 511 g/mol. The molecular weight excluding hydrogens is 494 g/mol. The van der Waals surface area contributed by atoms with Crippen molar-refractivity contribution in [2.24, 2.45) is 0 Å². The van der Waals surface area contributed by atoms with Gasteiger partial charge in [0.2, 0.25) is 12.3 Å². The summed E-state index contributed by atoms with van der Waals surface area (Å²) in [5.74, 6) is -1.41. The van der Waals surface area contributed by atoms with Crippen LogP contribution in [-0.2, 0) is 19.2 Å². The Kier molecular flexibility index (Phi) is 6.83. The summed E-state index contributed by atoms with van der Waals surface area (Å²) in [6.07, 6.45) is 0.433. The van der Waals surface area contributed by atoms with Crippen LogP contribution in [0.4, 0.5) is 0 Å². The van der Waals surface area contributed by atoms with E-state index >= 15 is 0 Å². The number of carbonyl (C=O) groups excluding carboxylic acids is 3. The number of thioether (sulfide) groups is 2. The molecule has 10 nitrogen and oxygen atoms in total. The maximum Gasteiger partial charge on any atom is 0.352 e. The van der Waals surface area contributed by atoms with Crippen LogP contribution in [0.15, 0.2) is 33.1 Å². The van der Waals surface area contributed by atoms with Crippen LogP contribution in [0.5, 0.6) is 0 Å². The fourth-order valence-electron chi connectivity index (χ4n) is 3.33. The van der Waals surface area contributed by atoms with Gasteiger partial charge in [-0.25, -0.2) is 4.79 Å². The van der Waals surface area contributed by atoms with E-state index in [1.165, 1.54) is 51.1 Å². The van der Waals surface area contributed by atoms with Gasteiger partial charge in [0.1, 0.15) is 28.2 Å². The van der Waals surface area contributed by atoms with Crippen LogP contribution in [0.2, 0.25) is 0 Å². The average molecular weight is 512 g/mol. The fraction of sp³-hybridized carbons (Fsp3) is 0.333. The number of carboxylic acid groups (broad SMARTS) is 1. The normalized spacial score (nSPS) is 20.9. The van der Waals surface area contributed by atoms with E-state index in [-0.39, 0.29) is 5.70 Å². The lowest BCUT2D eigenvalue weighted by molar-refractivity contribution is -0.151. The maximum atomic E-state index is 12.8. The molecular formula is C18H17N5O5S4. The van der Waals surface area contributed by atoms with Crippen LogP contribution in [0.1, 0.15) is 15.9 Å². The molecule has 3 amide bonds. The molecule has 2 aliphatic rings. The minimum absolute atomic E-state index is 0.0428. The number of nitrogens with zero attached hydrogens (tertiary/aromatic N) is 3. The van der Waals surface area contributed by atoms with Crippen molar-refractivity contribution in [1.29, 1.82) is 0 Å². The molecule has 4 heterocycles. The molecule has 1 fully saturated rings. The predicted molar refractivity (Wildman–Crippen MR) is 121 cm³/mol. The molecule has 2 aliphatic heterocycles. The Morgan fingerprint density at radius 3 is 2.88 bits per heavy atom. The average Bonchev–Trinajstić information content (AvgIpc) is 3.45. The molecule has 0 saturated carbocycles. The van der Waals surface area contributed by atoms with E-state index in [1.807, 2.05) is 6.92 Å². The second kappa shape index (κ2) is 9.60. The van der Waals surface area contributed by atoms with E-state index in [0.29, 0.717) is 28.4 Å². The van der Waals surface area contributed by atoms with Gasteiger partial charge in [0.15, 0.2) is 4.34 Å². The third kappa shape index (κ3) is 4.40. The number of β-lactam (4-membered cyclic amide) rings is 1. The summed E-state index contributed by atoms with van der Waals surface area (Å²) in [7, 11) is 0. The summed E-state index contributed by atoms with van der Waals surface area (Å²) < 4.78 is 0.731. The third-order valence-corrected chi connectivity index (χ3v) is 9.08. The molecule has 168 valence electrons. The SMILES string of the molecule is Cc1nnc(SCC2=C(C(=O)O)N3C(=O)[C@@H](NC(=O)C(NC=O)c4cccs4)[C@H]3SC2)s1. The summed E-state index contributed by atoms with van der Waals surface area (Å²) in [6.45, 7) is 1.84. The number of aromatic nitrogens is 2. The lowest BCUT2D eigenvalue weighted by Crippen LogP contribution is -2.71. The molecule has 14 heteroatoms. The van der Waals surface area contributed by atoms with E-state index in [1.54, 1.807) is 17.5 Å². The quantitative estimate of drug-likeness (QED) is 0.257. The zero-order valence-corrected chi connectivity index (χ0v) is 19.8. The molecule has 0 bridgehead atoms. The van der Waals surface area contributed by atoms with Gasteiger partial charge in [0.25, 0.3) is 5.91 Å². The molecule has 0 radical (unpaired) electrons. The first kappa shape index (κ1) is 22.8. The number of nitrogens with one attached hydrogen (secondary N) is 2. The molecule has 2 aromatic rings. The standard InChI is InChI=1S/C18H17N5O5S4/c1-8-21-22-18(32-8)31-6-9-5-30-16-12(15(26)23(16)13(9)17(27)28)20-14(25)11(19-7-24)10-3-2-4-29-10/h2-4,7,11-12,16H,5-6H2,1H3,(H,19,24)(H,20,25)(H,27,28)/t11?,12-,16-/m1/s1. The Labute approximate surface area is 198 Å². The van der Waals surface area contributed by atoms with E-state index in [4.69, 9.17) is 0 Å². The minimum atomic E-state index is -1.18. The zero-order valence-electron chi connectivity index (χ0n) is 16.5. The summed E-state index contributed by atoms with van der Waals surface area (Å²) in [4.78, 5) is 50.3. The number of rotatable bonds is 9. The summed E-state index contributed by atoms with van der Waals surface area (Å²) in [5, 5.41) is 25.0. The molecule has 3 N–H and O–H groups in total. The molecule has 3 atom stereocenters. The number of thiophene rings is 1. The Balaban J connectivity index is 1.47. The van der Waals surface area contributed by atoms with Gasteiger partial charge in [0.05, 0.1) is 0 Å². The van der Waals surface area contributed by atoms with Gasteiger partial charge in [-0.2, -0.15) is 0 Å². The van der Waals surface area contributed by atoms with E-state index < -0.39 is 35.2 Å². The van der Waals surface area contributed by atoms with E-state index in [0.717, 1.165) is 9.35 Å². The third-order valence-electron chi connectivity index (χ3n) is 4.75.